The maximum atomic E-state index is 9.71. The molecule has 1 aliphatic rings. The summed E-state index contributed by atoms with van der Waals surface area (Å²) in [6.45, 7) is 5.34. The van der Waals surface area contributed by atoms with Crippen molar-refractivity contribution in [3.05, 3.63) is 24.0 Å². The van der Waals surface area contributed by atoms with Crippen molar-refractivity contribution < 1.29 is 5.11 Å². The molecule has 1 fully saturated rings. The number of aliphatic hydroxyl groups excluding tert-OH is 1. The third-order valence-electron chi connectivity index (χ3n) is 3.68. The van der Waals surface area contributed by atoms with Crippen molar-refractivity contribution in [1.82, 2.24) is 4.98 Å². The van der Waals surface area contributed by atoms with Crippen LogP contribution < -0.4 is 4.90 Å². The van der Waals surface area contributed by atoms with Crippen LogP contribution >= 0.6 is 0 Å². The number of hydrogen-bond acceptors (Lipinski definition) is 3. The van der Waals surface area contributed by atoms with Crippen LogP contribution in [-0.2, 0) is 0 Å². The molecule has 17 heavy (non-hydrogen) atoms. The van der Waals surface area contributed by atoms with E-state index in [1.807, 2.05) is 19.2 Å². The first-order chi connectivity index (χ1) is 8.26. The fourth-order valence-electron chi connectivity index (χ4n) is 2.57. The maximum absolute atomic E-state index is 9.71. The van der Waals surface area contributed by atoms with Gasteiger partial charge in [-0.3, -0.25) is 4.98 Å². The average Bonchev–Trinajstić information content (AvgIpc) is 2.86. The van der Waals surface area contributed by atoms with E-state index in [4.69, 9.17) is 0 Å². The zero-order chi connectivity index (χ0) is 12.3. The highest BCUT2D eigenvalue weighted by Gasteiger charge is 2.23. The number of aromatic nitrogens is 1. The zero-order valence-corrected chi connectivity index (χ0v) is 10.8. The van der Waals surface area contributed by atoms with Gasteiger partial charge in [0, 0.05) is 12.6 Å². The monoisotopic (exact) mass is 234 g/mol. The Morgan fingerprint density at radius 3 is 2.88 bits per heavy atom. The van der Waals surface area contributed by atoms with E-state index >= 15 is 0 Å². The Kier molecular flexibility index (Phi) is 4.00. The highest BCUT2D eigenvalue weighted by Crippen LogP contribution is 2.27. The lowest BCUT2D eigenvalue weighted by molar-refractivity contribution is 0.169. The minimum absolute atomic E-state index is 0.426. The van der Waals surface area contributed by atoms with Gasteiger partial charge in [-0.15, -0.1) is 0 Å². The van der Waals surface area contributed by atoms with Gasteiger partial charge < -0.3 is 10.0 Å². The summed E-state index contributed by atoms with van der Waals surface area (Å²) in [5.41, 5.74) is 1.98. The zero-order valence-electron chi connectivity index (χ0n) is 10.8. The van der Waals surface area contributed by atoms with Crippen LogP contribution in [-0.4, -0.2) is 22.7 Å². The lowest BCUT2D eigenvalue weighted by Crippen LogP contribution is -2.28. The van der Waals surface area contributed by atoms with E-state index in [9.17, 15) is 5.11 Å². The number of pyridine rings is 1. The molecule has 2 rings (SSSR count). The van der Waals surface area contributed by atoms with Crippen molar-refractivity contribution in [2.45, 2.75) is 51.7 Å². The van der Waals surface area contributed by atoms with Crippen LogP contribution in [0.1, 0.15) is 51.3 Å². The van der Waals surface area contributed by atoms with Gasteiger partial charge in [0.15, 0.2) is 0 Å². The lowest BCUT2D eigenvalue weighted by atomic mass is 10.1. The molecular formula is C14H22N2O. The van der Waals surface area contributed by atoms with Gasteiger partial charge in [-0.05, 0) is 37.8 Å². The van der Waals surface area contributed by atoms with Gasteiger partial charge in [-0.2, -0.15) is 0 Å². The second-order valence-electron chi connectivity index (χ2n) is 4.76. The van der Waals surface area contributed by atoms with Gasteiger partial charge in [0.2, 0.25) is 0 Å². The largest absolute Gasteiger partial charge is 0.387 e. The molecule has 94 valence electrons. The normalized spacial score (nSPS) is 21.8. The predicted octanol–water partition coefficient (Wildman–Crippen LogP) is 2.90. The molecule has 1 N–H and O–H groups in total. The molecule has 1 aliphatic heterocycles. The molecule has 0 bridgehead atoms. The van der Waals surface area contributed by atoms with E-state index < -0.39 is 6.10 Å². The summed E-state index contributed by atoms with van der Waals surface area (Å²) >= 11 is 0. The van der Waals surface area contributed by atoms with Crippen molar-refractivity contribution in [2.75, 3.05) is 11.4 Å². The number of anilines is 1. The van der Waals surface area contributed by atoms with Crippen LogP contribution in [0.2, 0.25) is 0 Å². The van der Waals surface area contributed by atoms with E-state index in [1.54, 1.807) is 0 Å². The fraction of sp³-hybridized carbons (Fsp3) is 0.643. The second kappa shape index (κ2) is 5.50. The van der Waals surface area contributed by atoms with Crippen LogP contribution in [0.25, 0.3) is 0 Å². The van der Waals surface area contributed by atoms with Crippen molar-refractivity contribution in [3.63, 3.8) is 0 Å². The first kappa shape index (κ1) is 12.4. The van der Waals surface area contributed by atoms with Gasteiger partial charge in [0.25, 0.3) is 0 Å². The van der Waals surface area contributed by atoms with E-state index in [0.717, 1.165) is 12.2 Å². The van der Waals surface area contributed by atoms with Gasteiger partial charge in [-0.25, -0.2) is 0 Å². The van der Waals surface area contributed by atoms with Gasteiger partial charge in [0.1, 0.15) is 0 Å². The lowest BCUT2D eigenvalue weighted by Gasteiger charge is -2.25. The molecule has 2 heterocycles. The maximum Gasteiger partial charge on any atom is 0.0957 e. The first-order valence-corrected chi connectivity index (χ1v) is 6.67. The summed E-state index contributed by atoms with van der Waals surface area (Å²) in [6.07, 6.45) is 5.95. The summed E-state index contributed by atoms with van der Waals surface area (Å²) in [5.74, 6) is 0. The van der Waals surface area contributed by atoms with Crippen LogP contribution in [0.4, 0.5) is 5.69 Å². The Hall–Kier alpha value is -1.09. The quantitative estimate of drug-likeness (QED) is 0.870. The highest BCUT2D eigenvalue weighted by atomic mass is 16.3. The summed E-state index contributed by atoms with van der Waals surface area (Å²) in [5, 5.41) is 9.71. The molecule has 2 unspecified atom stereocenters. The molecule has 1 aromatic heterocycles. The summed E-state index contributed by atoms with van der Waals surface area (Å²) in [4.78, 5) is 6.81. The topological polar surface area (TPSA) is 36.4 Å². The van der Waals surface area contributed by atoms with Crippen LogP contribution in [0.5, 0.6) is 0 Å². The molecular weight excluding hydrogens is 212 g/mol. The van der Waals surface area contributed by atoms with E-state index in [2.05, 4.69) is 22.9 Å². The molecule has 3 heteroatoms. The smallest absolute Gasteiger partial charge is 0.0957 e. The standard InChI is InChI=1S/C14H22N2O/c1-3-11-6-5-9-16(11)12-7-8-13(15-10-12)14(17)4-2/h7-8,10-11,14,17H,3-6,9H2,1-2H3. The van der Waals surface area contributed by atoms with E-state index in [-0.39, 0.29) is 0 Å². The Bertz CT molecular complexity index is 350. The molecule has 0 aliphatic carbocycles. The van der Waals surface area contributed by atoms with Crippen LogP contribution in [0.3, 0.4) is 0 Å². The minimum atomic E-state index is -0.426. The SMILES string of the molecule is CCC(O)c1ccc(N2CCCC2CC)cn1. The van der Waals surface area contributed by atoms with Crippen LogP contribution in [0, 0.1) is 0 Å². The van der Waals surface area contributed by atoms with Gasteiger partial charge in [0.05, 0.1) is 23.7 Å². The van der Waals surface area contributed by atoms with E-state index in [1.165, 1.54) is 24.9 Å². The fourth-order valence-corrected chi connectivity index (χ4v) is 2.57. The molecule has 0 radical (unpaired) electrons. The Balaban J connectivity index is 2.12. The number of nitrogens with zero attached hydrogens (tertiary/aromatic N) is 2. The Morgan fingerprint density at radius 2 is 2.29 bits per heavy atom. The van der Waals surface area contributed by atoms with Crippen molar-refractivity contribution in [3.8, 4) is 0 Å². The number of hydrogen-bond donors (Lipinski definition) is 1. The molecule has 3 nitrogen and oxygen atoms in total. The summed E-state index contributed by atoms with van der Waals surface area (Å²) in [7, 11) is 0. The van der Waals surface area contributed by atoms with Gasteiger partial charge in [-0.1, -0.05) is 13.8 Å². The third kappa shape index (κ3) is 2.60. The summed E-state index contributed by atoms with van der Waals surface area (Å²) in [6, 6.07) is 4.71. The molecule has 1 aromatic rings. The van der Waals surface area contributed by atoms with Gasteiger partial charge >= 0.3 is 0 Å². The summed E-state index contributed by atoms with van der Waals surface area (Å²) < 4.78 is 0. The van der Waals surface area contributed by atoms with Crippen LogP contribution in [0.15, 0.2) is 18.3 Å². The predicted molar refractivity (Wildman–Crippen MR) is 70.1 cm³/mol. The minimum Gasteiger partial charge on any atom is -0.387 e. The third-order valence-corrected chi connectivity index (χ3v) is 3.68. The molecule has 0 amide bonds. The number of rotatable bonds is 4. The van der Waals surface area contributed by atoms with Crippen molar-refractivity contribution in [1.29, 1.82) is 0 Å². The Labute approximate surface area is 103 Å². The van der Waals surface area contributed by atoms with E-state index in [0.29, 0.717) is 12.5 Å². The molecule has 0 aromatic carbocycles. The molecule has 0 spiro atoms. The first-order valence-electron chi connectivity index (χ1n) is 6.67. The average molecular weight is 234 g/mol. The second-order valence-corrected chi connectivity index (χ2v) is 4.76. The highest BCUT2D eigenvalue weighted by molar-refractivity contribution is 5.46. The number of aliphatic hydroxyl groups is 1. The van der Waals surface area contributed by atoms with Crippen molar-refractivity contribution in [2.24, 2.45) is 0 Å². The molecule has 0 saturated carbocycles. The molecule has 2 atom stereocenters. The van der Waals surface area contributed by atoms with Crippen molar-refractivity contribution >= 4 is 5.69 Å². The molecule has 1 saturated heterocycles. The Morgan fingerprint density at radius 1 is 1.47 bits per heavy atom.